The smallest absolute Gasteiger partial charge is 0.358 e. The maximum atomic E-state index is 5.75. The Morgan fingerprint density at radius 1 is 0.424 bits per heavy atom. The molecule has 1 radical (unpaired) electrons. The van der Waals surface area contributed by atoms with Crippen molar-refractivity contribution in [2.24, 2.45) is 0 Å². The normalized spacial score (nSPS) is 5.48. The van der Waals surface area contributed by atoms with Crippen LogP contribution >= 0.6 is 0 Å². The van der Waals surface area contributed by atoms with Gasteiger partial charge in [0.05, 0.1) is 0 Å². The van der Waals surface area contributed by atoms with Crippen molar-refractivity contribution >= 4 is 0 Å². The molecule has 0 aliphatic heterocycles. The molecule has 0 spiro atoms. The molecule has 3 rings (SSSR count). The number of benzene rings is 3. The van der Waals surface area contributed by atoms with Gasteiger partial charge in [-0.2, -0.15) is 0 Å². The molecule has 0 bridgehead atoms. The van der Waals surface area contributed by atoms with Gasteiger partial charge in [-0.05, 0) is 0 Å². The average molecular weight is 890 g/mol. The Morgan fingerprint density at radius 3 is 0.485 bits per heavy atom. The van der Waals surface area contributed by atoms with Crippen molar-refractivity contribution in [3.05, 3.63) is 139 Å². The third kappa shape index (κ3) is 88.9. The molecule has 33 heavy (non-hydrogen) atoms. The van der Waals surface area contributed by atoms with Crippen LogP contribution in [0.4, 0.5) is 0 Å². The van der Waals surface area contributed by atoms with Crippen LogP contribution in [-0.2, 0) is 39.6 Å². The Hall–Kier alpha value is -0.0153. The molecular formula is C30H54UVW-2. The van der Waals surface area contributed by atoms with E-state index in [4.69, 9.17) is 1.37 Å². The van der Waals surface area contributed by atoms with Crippen LogP contribution in [-0.4, -0.2) is 0 Å². The minimum absolute atomic E-state index is 0. The van der Waals surface area contributed by atoms with Gasteiger partial charge in [0.2, 0.25) is 0 Å². The Balaban J connectivity index is -0.0000000205. The summed E-state index contributed by atoms with van der Waals surface area (Å²) in [5.74, 6) is 0. The van der Waals surface area contributed by atoms with Crippen LogP contribution in [0.5, 0.6) is 0 Å². The van der Waals surface area contributed by atoms with Crippen LogP contribution in [0.2, 0.25) is 0 Å². The van der Waals surface area contributed by atoms with Gasteiger partial charge < -0.3 is 29.7 Å². The molecule has 0 aliphatic carbocycles. The average Bonchev–Trinajstić information content (AvgIpc) is 2.83. The zero-order valence-corrected chi connectivity index (χ0v) is 31.9. The summed E-state index contributed by atoms with van der Waals surface area (Å²) in [6, 6.07) is 36.0. The van der Waals surface area contributed by atoms with Crippen molar-refractivity contribution in [3.63, 3.8) is 0 Å². The zero-order valence-electron chi connectivity index (χ0n) is 24.5. The van der Waals surface area contributed by atoms with Crippen LogP contribution < -0.4 is 0 Å². The fraction of sp³-hybridized carbons (Fsp3) is 0.267. The first-order chi connectivity index (χ1) is 13.4. The molecule has 0 atom stereocenters. The van der Waals surface area contributed by atoms with Crippen LogP contribution in [0, 0.1) is 60.8 Å². The van der Waals surface area contributed by atoms with Crippen molar-refractivity contribution in [1.29, 1.82) is 0 Å². The van der Waals surface area contributed by atoms with Gasteiger partial charge in [0.1, 0.15) is 0 Å². The SMILES string of the molecule is CC.CC.CCC.[3H]C.[CH3-].[CH3-].[CH3-].[CH3-].[U].[V].[W+2].c1ccccc1.c1ccccc1.c1ccccc1. The van der Waals surface area contributed by atoms with Crippen molar-refractivity contribution in [1.82, 2.24) is 0 Å². The summed E-state index contributed by atoms with van der Waals surface area (Å²) in [6.45, 7) is 12.2. The standard InChI is InChI=1S/3C6H6.C3H8.2C2H6.CH4.4CH3.U.V.W/c3*1-2-4-6-5-3-1;1-3-2;2*1-2;;;;;;;;/h3*1-6H;3H2,1-2H3;2*1-2H3;1H4;4*1H3;;;/q;;;;;;;4*-1;;;+2/i;;;;;;1T;;;;;;;. The van der Waals surface area contributed by atoms with E-state index in [0.717, 1.165) is 0 Å². The number of rotatable bonds is 0. The topological polar surface area (TPSA) is 0 Å². The van der Waals surface area contributed by atoms with Gasteiger partial charge in [-0.15, -0.1) is 0 Å². The van der Waals surface area contributed by atoms with E-state index in [1.807, 2.05) is 137 Å². The third-order valence-electron chi connectivity index (χ3n) is 2.00. The molecule has 0 aromatic heterocycles. The van der Waals surface area contributed by atoms with E-state index in [1.165, 1.54) is 13.8 Å². The van der Waals surface area contributed by atoms with E-state index >= 15 is 0 Å². The van der Waals surface area contributed by atoms with Crippen LogP contribution in [0.1, 0.15) is 56.7 Å². The molecule has 191 valence electrons. The summed E-state index contributed by atoms with van der Waals surface area (Å²) in [5.41, 5.74) is 0. The summed E-state index contributed by atoms with van der Waals surface area (Å²) >= 11 is 0. The van der Waals surface area contributed by atoms with Gasteiger partial charge in [0.25, 0.3) is 0 Å². The molecular weight excluding hydrogens is 833 g/mol. The second kappa shape index (κ2) is 85.2. The Kier molecular flexibility index (Phi) is 165. The first kappa shape index (κ1) is 63.9. The predicted octanol–water partition coefficient (Wildman–Crippen LogP) is 11.0. The van der Waals surface area contributed by atoms with E-state index in [0.29, 0.717) is 0 Å². The van der Waals surface area contributed by atoms with Crippen molar-refractivity contribution in [3.8, 4) is 0 Å². The summed E-state index contributed by atoms with van der Waals surface area (Å²) in [4.78, 5) is 0. The monoisotopic (exact) mass is 889 g/mol. The van der Waals surface area contributed by atoms with Crippen LogP contribution in [0.25, 0.3) is 0 Å². The van der Waals surface area contributed by atoms with Crippen LogP contribution in [0.15, 0.2) is 109 Å². The van der Waals surface area contributed by atoms with Crippen molar-refractivity contribution in [2.45, 2.75) is 55.4 Å². The molecule has 0 fully saturated rings. The molecule has 3 aromatic carbocycles. The molecule has 0 heterocycles. The van der Waals surface area contributed by atoms with E-state index in [1.54, 1.807) is 0 Å². The van der Waals surface area contributed by atoms with Gasteiger partial charge in [0, 0.05) is 51.0 Å². The minimum Gasteiger partial charge on any atom is -0.358 e. The molecule has 0 aliphatic rings. The Morgan fingerprint density at radius 2 is 0.455 bits per heavy atom. The second-order valence-electron chi connectivity index (χ2n) is 4.17. The molecule has 3 aromatic rings. The molecule has 3 heteroatoms. The van der Waals surface area contributed by atoms with Gasteiger partial charge in [-0.1, -0.05) is 165 Å². The van der Waals surface area contributed by atoms with E-state index < -0.39 is 0 Å². The fourth-order valence-electron chi connectivity index (χ4n) is 1.15. The Bertz CT molecular complexity index is 331. The zero-order chi connectivity index (χ0) is 21.4. The quantitative estimate of drug-likeness (QED) is 0.197. The first-order valence-electron chi connectivity index (χ1n) is 10.4. The second-order valence-corrected chi connectivity index (χ2v) is 4.17. The van der Waals surface area contributed by atoms with Crippen LogP contribution in [0.3, 0.4) is 0 Å². The number of hydrogen-bond donors (Lipinski definition) is 0. The summed E-state index contributed by atoms with van der Waals surface area (Å²) in [6.07, 6.45) is 1.25. The van der Waals surface area contributed by atoms with E-state index in [-0.39, 0.29) is 100 Å². The summed E-state index contributed by atoms with van der Waals surface area (Å²) < 4.78 is 5.75. The minimum atomic E-state index is 0. The molecule has 0 unspecified atom stereocenters. The van der Waals surface area contributed by atoms with E-state index in [2.05, 4.69) is 13.8 Å². The van der Waals surface area contributed by atoms with Gasteiger partial charge >= 0.3 is 21.1 Å². The molecule has 0 nitrogen and oxygen atoms in total. The van der Waals surface area contributed by atoms with E-state index in [9.17, 15) is 0 Å². The largest absolute Gasteiger partial charge is 2.00 e. The fourth-order valence-corrected chi connectivity index (χ4v) is 1.15. The predicted molar refractivity (Wildman–Crippen MR) is 150 cm³/mol. The molecule has 0 N–H and O–H groups in total. The molecule has 0 amide bonds. The summed E-state index contributed by atoms with van der Waals surface area (Å²) in [7, 11) is 1.25. The van der Waals surface area contributed by atoms with Gasteiger partial charge in [-0.3, -0.25) is 0 Å². The number of hydrogen-bond acceptors (Lipinski definition) is 0. The first-order valence-corrected chi connectivity index (χ1v) is 9.41. The molecule has 0 saturated heterocycles. The Labute approximate surface area is 264 Å². The van der Waals surface area contributed by atoms with Crippen molar-refractivity contribution < 1.29 is 72.1 Å². The van der Waals surface area contributed by atoms with Gasteiger partial charge in [0.15, 0.2) is 0 Å². The maximum Gasteiger partial charge on any atom is 2.00 e. The maximum absolute atomic E-state index is 5.75. The molecule has 0 saturated carbocycles. The van der Waals surface area contributed by atoms with Gasteiger partial charge in [-0.25, -0.2) is 0 Å². The third-order valence-corrected chi connectivity index (χ3v) is 2.00. The summed E-state index contributed by atoms with van der Waals surface area (Å²) in [5, 5.41) is 0. The van der Waals surface area contributed by atoms with Crippen molar-refractivity contribution in [2.75, 3.05) is 0 Å².